The summed E-state index contributed by atoms with van der Waals surface area (Å²) in [6.07, 6.45) is 2.15. The Kier molecular flexibility index (Phi) is 6.43. The minimum absolute atomic E-state index is 0.160. The van der Waals surface area contributed by atoms with Gasteiger partial charge in [0.1, 0.15) is 13.8 Å². The van der Waals surface area contributed by atoms with Gasteiger partial charge in [-0.3, -0.25) is 4.79 Å². The summed E-state index contributed by atoms with van der Waals surface area (Å²) in [7, 11) is 0.0902. The highest BCUT2D eigenvalue weighted by atomic mass is 28.3. The number of benzene rings is 1. The zero-order valence-electron chi connectivity index (χ0n) is 14.7. The largest absolute Gasteiger partial charge is 0.497 e. The van der Waals surface area contributed by atoms with Crippen LogP contribution < -0.4 is 4.74 Å². The molecule has 1 rings (SSSR count). The predicted molar refractivity (Wildman–Crippen MR) is 96.1 cm³/mol. The van der Waals surface area contributed by atoms with E-state index >= 15 is 0 Å². The lowest BCUT2D eigenvalue weighted by atomic mass is 10.1. The third kappa shape index (κ3) is 5.34. The van der Waals surface area contributed by atoms with E-state index in [0.717, 1.165) is 24.2 Å². The summed E-state index contributed by atoms with van der Waals surface area (Å²) in [5.41, 5.74) is 4.21. The van der Waals surface area contributed by atoms with Crippen molar-refractivity contribution >= 4 is 13.9 Å². The van der Waals surface area contributed by atoms with Crippen molar-refractivity contribution in [3.63, 3.8) is 0 Å². The molecule has 120 valence electrons. The topological polar surface area (TPSA) is 26.3 Å². The standard InChI is InChI=1S/C19H28O2Si/c1-19(2,3)22(5,6)14-9-7-8-13-18(20)16-11-10-12-17(15-16)21-4/h10-12,15H,7-8,13H2,1-6H3. The zero-order valence-corrected chi connectivity index (χ0v) is 15.7. The molecule has 1 aromatic carbocycles. The molecule has 0 bridgehead atoms. The van der Waals surface area contributed by atoms with Crippen LogP contribution in [0.2, 0.25) is 18.1 Å². The first-order valence-electron chi connectivity index (χ1n) is 7.84. The Morgan fingerprint density at radius 1 is 1.27 bits per heavy atom. The van der Waals surface area contributed by atoms with Crippen LogP contribution >= 0.6 is 0 Å². The number of hydrogen-bond acceptors (Lipinski definition) is 2. The number of Topliss-reactive ketones (excluding diaryl/α,β-unsaturated/α-hetero) is 1. The van der Waals surface area contributed by atoms with E-state index in [4.69, 9.17) is 4.74 Å². The molecule has 0 saturated carbocycles. The fourth-order valence-corrected chi connectivity index (χ4v) is 2.69. The number of rotatable bonds is 5. The third-order valence-electron chi connectivity index (χ3n) is 4.37. The third-order valence-corrected chi connectivity index (χ3v) is 8.92. The van der Waals surface area contributed by atoms with E-state index in [1.165, 1.54) is 0 Å². The molecule has 0 radical (unpaired) electrons. The van der Waals surface area contributed by atoms with E-state index in [1.54, 1.807) is 13.2 Å². The Morgan fingerprint density at radius 2 is 1.95 bits per heavy atom. The molecule has 0 N–H and O–H groups in total. The number of carbonyl (C=O) groups is 1. The van der Waals surface area contributed by atoms with Gasteiger partial charge in [-0.15, -0.1) is 11.5 Å². The normalized spacial score (nSPS) is 11.5. The molecule has 0 aliphatic rings. The van der Waals surface area contributed by atoms with Gasteiger partial charge >= 0.3 is 0 Å². The maximum absolute atomic E-state index is 12.1. The fourth-order valence-electron chi connectivity index (χ4n) is 1.75. The van der Waals surface area contributed by atoms with Crippen molar-refractivity contribution in [2.75, 3.05) is 7.11 Å². The van der Waals surface area contributed by atoms with Gasteiger partial charge in [0.25, 0.3) is 0 Å². The van der Waals surface area contributed by atoms with Crippen molar-refractivity contribution < 1.29 is 9.53 Å². The maximum Gasteiger partial charge on any atom is 0.163 e. The first-order valence-corrected chi connectivity index (χ1v) is 10.8. The molecule has 3 heteroatoms. The zero-order chi connectivity index (χ0) is 16.8. The van der Waals surface area contributed by atoms with Crippen LogP contribution in [-0.2, 0) is 0 Å². The number of ether oxygens (including phenoxy) is 1. The Bertz CT molecular complexity index is 571. The Balaban J connectivity index is 2.50. The van der Waals surface area contributed by atoms with Crippen LogP contribution in [0.5, 0.6) is 5.75 Å². The van der Waals surface area contributed by atoms with Gasteiger partial charge in [0.15, 0.2) is 5.78 Å². The van der Waals surface area contributed by atoms with Crippen LogP contribution in [0.15, 0.2) is 24.3 Å². The first-order chi connectivity index (χ1) is 10.2. The van der Waals surface area contributed by atoms with Crippen LogP contribution in [0.3, 0.4) is 0 Å². The molecule has 0 aliphatic carbocycles. The summed E-state index contributed by atoms with van der Waals surface area (Å²) in [6, 6.07) is 7.33. The van der Waals surface area contributed by atoms with Gasteiger partial charge in [-0.05, 0) is 23.6 Å². The van der Waals surface area contributed by atoms with Crippen LogP contribution in [0.25, 0.3) is 0 Å². The van der Waals surface area contributed by atoms with Crippen LogP contribution in [0.1, 0.15) is 50.4 Å². The van der Waals surface area contributed by atoms with Gasteiger partial charge in [-0.2, -0.15) is 0 Å². The van der Waals surface area contributed by atoms with Crippen molar-refractivity contribution in [2.24, 2.45) is 0 Å². The van der Waals surface area contributed by atoms with Crippen molar-refractivity contribution in [1.82, 2.24) is 0 Å². The summed E-state index contributed by atoms with van der Waals surface area (Å²) in [6.45, 7) is 11.4. The van der Waals surface area contributed by atoms with E-state index < -0.39 is 8.07 Å². The molecule has 0 atom stereocenters. The lowest BCUT2D eigenvalue weighted by molar-refractivity contribution is 0.0980. The van der Waals surface area contributed by atoms with Gasteiger partial charge in [0.05, 0.1) is 7.11 Å². The Hall–Kier alpha value is -1.53. The second kappa shape index (κ2) is 7.65. The van der Waals surface area contributed by atoms with Gasteiger partial charge in [0.2, 0.25) is 0 Å². The molecule has 0 fully saturated rings. The van der Waals surface area contributed by atoms with Crippen molar-refractivity contribution in [1.29, 1.82) is 0 Å². The number of ketones is 1. The van der Waals surface area contributed by atoms with Crippen molar-refractivity contribution in [2.45, 2.75) is 58.2 Å². The van der Waals surface area contributed by atoms with E-state index in [0.29, 0.717) is 6.42 Å². The fraction of sp³-hybridized carbons (Fsp3) is 0.526. The lowest BCUT2D eigenvalue weighted by Gasteiger charge is -2.31. The van der Waals surface area contributed by atoms with Crippen LogP contribution in [-0.4, -0.2) is 21.0 Å². The van der Waals surface area contributed by atoms with E-state index in [-0.39, 0.29) is 10.8 Å². The maximum atomic E-state index is 12.1. The number of unbranched alkanes of at least 4 members (excludes halogenated alkanes) is 1. The quantitative estimate of drug-likeness (QED) is 0.327. The molecule has 0 saturated heterocycles. The smallest absolute Gasteiger partial charge is 0.163 e. The molecule has 1 aromatic rings. The number of methoxy groups -OCH3 is 1. The molecule has 0 unspecified atom stereocenters. The van der Waals surface area contributed by atoms with Gasteiger partial charge < -0.3 is 4.74 Å². The second-order valence-corrected chi connectivity index (χ2v) is 12.2. The number of hydrogen-bond donors (Lipinski definition) is 0. The summed E-state index contributed by atoms with van der Waals surface area (Å²) in [5, 5.41) is 0.288. The highest BCUT2D eigenvalue weighted by molar-refractivity contribution is 6.87. The van der Waals surface area contributed by atoms with Gasteiger partial charge in [-0.1, -0.05) is 46.0 Å². The molecule has 0 heterocycles. The average molecular weight is 317 g/mol. The molecular formula is C19H28O2Si. The molecule has 0 aromatic heterocycles. The van der Waals surface area contributed by atoms with E-state index in [1.807, 2.05) is 18.2 Å². The van der Waals surface area contributed by atoms with Crippen LogP contribution in [0, 0.1) is 11.5 Å². The minimum Gasteiger partial charge on any atom is -0.497 e. The first kappa shape index (κ1) is 18.5. The molecule has 22 heavy (non-hydrogen) atoms. The average Bonchev–Trinajstić information content (AvgIpc) is 2.45. The molecule has 0 aliphatic heterocycles. The number of carbonyl (C=O) groups excluding carboxylic acids is 1. The minimum atomic E-state index is -1.52. The second-order valence-electron chi connectivity index (χ2n) is 7.19. The lowest BCUT2D eigenvalue weighted by Crippen LogP contribution is -2.35. The Morgan fingerprint density at radius 3 is 2.55 bits per heavy atom. The SMILES string of the molecule is COc1cccc(C(=O)CCCC#C[Si](C)(C)C(C)(C)C)c1. The summed E-state index contributed by atoms with van der Waals surface area (Å²) >= 11 is 0. The summed E-state index contributed by atoms with van der Waals surface area (Å²) < 4.78 is 5.15. The predicted octanol–water partition coefficient (Wildman–Crippen LogP) is 5.10. The van der Waals surface area contributed by atoms with E-state index in [9.17, 15) is 4.79 Å². The molecular weight excluding hydrogens is 288 g/mol. The molecule has 0 amide bonds. The monoisotopic (exact) mass is 316 g/mol. The summed E-state index contributed by atoms with van der Waals surface area (Å²) in [5.74, 6) is 4.18. The van der Waals surface area contributed by atoms with Gasteiger partial charge in [0, 0.05) is 18.4 Å². The van der Waals surface area contributed by atoms with Crippen molar-refractivity contribution in [3.05, 3.63) is 29.8 Å². The van der Waals surface area contributed by atoms with Crippen molar-refractivity contribution in [3.8, 4) is 17.2 Å². The van der Waals surface area contributed by atoms with Crippen LogP contribution in [0.4, 0.5) is 0 Å². The molecule has 0 spiro atoms. The highest BCUT2D eigenvalue weighted by Gasteiger charge is 2.33. The Labute approximate surface area is 136 Å². The highest BCUT2D eigenvalue weighted by Crippen LogP contribution is 2.35. The van der Waals surface area contributed by atoms with Gasteiger partial charge in [-0.25, -0.2) is 0 Å². The molecule has 2 nitrogen and oxygen atoms in total. The summed E-state index contributed by atoms with van der Waals surface area (Å²) in [4.78, 5) is 12.1. The van der Waals surface area contributed by atoms with E-state index in [2.05, 4.69) is 45.3 Å².